The second-order valence-corrected chi connectivity index (χ2v) is 11.2. The number of benzene rings is 1. The quantitative estimate of drug-likeness (QED) is 0.656. The van der Waals surface area contributed by atoms with Gasteiger partial charge in [0, 0.05) is 49.2 Å². The van der Waals surface area contributed by atoms with Gasteiger partial charge in [-0.2, -0.15) is 5.10 Å². The summed E-state index contributed by atoms with van der Waals surface area (Å²) in [7, 11) is 1.99. The number of hydrogen-bond acceptors (Lipinski definition) is 4. The molecule has 0 spiro atoms. The van der Waals surface area contributed by atoms with Crippen LogP contribution >= 0.6 is 0 Å². The number of anilines is 1. The fourth-order valence-electron chi connectivity index (χ4n) is 6.41. The number of aromatic nitrogens is 2. The summed E-state index contributed by atoms with van der Waals surface area (Å²) >= 11 is 0. The van der Waals surface area contributed by atoms with E-state index in [2.05, 4.69) is 35.5 Å². The minimum absolute atomic E-state index is 0.0732. The lowest BCUT2D eigenvalue weighted by Crippen LogP contribution is -2.37. The van der Waals surface area contributed by atoms with E-state index >= 15 is 0 Å². The van der Waals surface area contributed by atoms with Crippen LogP contribution in [0.2, 0.25) is 0 Å². The van der Waals surface area contributed by atoms with E-state index in [4.69, 9.17) is 0 Å². The molecule has 2 aliphatic heterocycles. The van der Waals surface area contributed by atoms with Gasteiger partial charge in [-0.1, -0.05) is 17.7 Å². The lowest BCUT2D eigenvalue weighted by molar-refractivity contribution is -0.124. The van der Waals surface area contributed by atoms with Crippen LogP contribution in [-0.2, 0) is 29.6 Å². The summed E-state index contributed by atoms with van der Waals surface area (Å²) in [6, 6.07) is 6.46. The van der Waals surface area contributed by atoms with Crippen molar-refractivity contribution < 1.29 is 9.59 Å². The summed E-state index contributed by atoms with van der Waals surface area (Å²) in [4.78, 5) is 28.3. The molecular formula is C29H40N4O2. The Hall–Kier alpha value is -2.47. The average Bonchev–Trinajstić information content (AvgIpc) is 3.11. The number of fused-ring (bicyclic) bond motifs is 2. The summed E-state index contributed by atoms with van der Waals surface area (Å²) in [5, 5.41) is 7.85. The smallest absolute Gasteiger partial charge is 0.230 e. The highest BCUT2D eigenvalue weighted by molar-refractivity contribution is 5.96. The Kier molecular flexibility index (Phi) is 7.37. The molecule has 1 aromatic carbocycles. The van der Waals surface area contributed by atoms with E-state index in [1.807, 2.05) is 22.8 Å². The van der Waals surface area contributed by atoms with Crippen molar-refractivity contribution in [2.45, 2.75) is 77.7 Å². The predicted octanol–water partition coefficient (Wildman–Crippen LogP) is 4.71. The van der Waals surface area contributed by atoms with Crippen LogP contribution in [0.15, 0.2) is 24.4 Å². The predicted molar refractivity (Wildman–Crippen MR) is 138 cm³/mol. The van der Waals surface area contributed by atoms with E-state index in [0.717, 1.165) is 88.5 Å². The Bertz CT molecular complexity index is 1060. The van der Waals surface area contributed by atoms with Gasteiger partial charge in [-0.3, -0.25) is 14.3 Å². The van der Waals surface area contributed by atoms with Gasteiger partial charge in [-0.25, -0.2) is 0 Å². The Morgan fingerprint density at radius 3 is 2.57 bits per heavy atom. The van der Waals surface area contributed by atoms with Crippen LogP contribution in [0.3, 0.4) is 0 Å². The molecule has 5 rings (SSSR count). The topological polar surface area (TPSA) is 67.2 Å². The van der Waals surface area contributed by atoms with E-state index in [1.54, 1.807) is 0 Å². The van der Waals surface area contributed by atoms with Gasteiger partial charge >= 0.3 is 0 Å². The molecule has 1 N–H and O–H groups in total. The molecule has 3 heterocycles. The minimum Gasteiger partial charge on any atom is -0.317 e. The van der Waals surface area contributed by atoms with Crippen molar-refractivity contribution >= 4 is 17.4 Å². The number of nitrogens with one attached hydrogen (secondary N) is 1. The van der Waals surface area contributed by atoms with Crippen LogP contribution in [0, 0.1) is 24.7 Å². The molecule has 188 valence electrons. The number of ketones is 1. The SMILES string of the molecule is Cc1ccc2c(c1)Cc1c(cnn1C)CN2C(=O)C1CCC(CCC(=O)CC2CCNCC2)CC1. The van der Waals surface area contributed by atoms with Crippen LogP contribution in [0.25, 0.3) is 0 Å². The Morgan fingerprint density at radius 1 is 1.03 bits per heavy atom. The van der Waals surface area contributed by atoms with E-state index < -0.39 is 0 Å². The van der Waals surface area contributed by atoms with Gasteiger partial charge < -0.3 is 10.2 Å². The maximum Gasteiger partial charge on any atom is 0.230 e. The van der Waals surface area contributed by atoms with Crippen molar-refractivity contribution in [3.63, 3.8) is 0 Å². The van der Waals surface area contributed by atoms with E-state index in [1.165, 1.54) is 16.8 Å². The molecule has 1 saturated heterocycles. The second-order valence-electron chi connectivity index (χ2n) is 11.2. The molecule has 35 heavy (non-hydrogen) atoms. The van der Waals surface area contributed by atoms with Crippen LogP contribution in [0.5, 0.6) is 0 Å². The zero-order chi connectivity index (χ0) is 24.4. The second kappa shape index (κ2) is 10.7. The number of Topliss-reactive ketones (excluding diaryl/α,β-unsaturated/α-hetero) is 1. The van der Waals surface area contributed by atoms with Crippen molar-refractivity contribution in [1.82, 2.24) is 15.1 Å². The van der Waals surface area contributed by atoms with Crippen molar-refractivity contribution in [3.8, 4) is 0 Å². The highest BCUT2D eigenvalue weighted by Gasteiger charge is 2.33. The number of rotatable bonds is 6. The van der Waals surface area contributed by atoms with Crippen molar-refractivity contribution in [3.05, 3.63) is 46.8 Å². The molecule has 1 aromatic heterocycles. The lowest BCUT2D eigenvalue weighted by Gasteiger charge is -2.32. The Balaban J connectivity index is 1.18. The molecule has 2 fully saturated rings. The molecule has 1 saturated carbocycles. The van der Waals surface area contributed by atoms with Crippen molar-refractivity contribution in [2.24, 2.45) is 24.8 Å². The van der Waals surface area contributed by atoms with Crippen LogP contribution in [0.1, 0.15) is 80.2 Å². The van der Waals surface area contributed by atoms with E-state index in [-0.39, 0.29) is 11.8 Å². The standard InChI is InChI=1S/C29H40N4O2/c1-20-3-10-27-24(15-20)17-28-25(18-31-32(28)2)19-33(27)29(35)23-7-4-21(5-8-23)6-9-26(34)16-22-11-13-30-14-12-22/h3,10,15,18,21-23,30H,4-9,11-14,16-17,19H2,1-2H3. The first-order valence-corrected chi connectivity index (χ1v) is 13.6. The zero-order valence-corrected chi connectivity index (χ0v) is 21.4. The summed E-state index contributed by atoms with van der Waals surface area (Å²) < 4.78 is 1.95. The number of nitrogens with zero attached hydrogens (tertiary/aromatic N) is 3. The summed E-state index contributed by atoms with van der Waals surface area (Å²) in [6.07, 6.45) is 11.5. The molecular weight excluding hydrogens is 436 g/mol. The molecule has 0 radical (unpaired) electrons. The number of hydrogen-bond donors (Lipinski definition) is 1. The molecule has 2 aromatic rings. The van der Waals surface area contributed by atoms with Gasteiger partial charge in [0.05, 0.1) is 12.7 Å². The highest BCUT2D eigenvalue weighted by Crippen LogP contribution is 2.37. The third-order valence-electron chi connectivity index (χ3n) is 8.63. The van der Waals surface area contributed by atoms with Gasteiger partial charge in [-0.15, -0.1) is 0 Å². The first-order valence-electron chi connectivity index (χ1n) is 13.6. The van der Waals surface area contributed by atoms with Crippen LogP contribution in [0.4, 0.5) is 5.69 Å². The van der Waals surface area contributed by atoms with E-state index in [9.17, 15) is 9.59 Å². The molecule has 3 aliphatic rings. The van der Waals surface area contributed by atoms with Crippen molar-refractivity contribution in [2.75, 3.05) is 18.0 Å². The Labute approximate surface area is 209 Å². The number of carbonyl (C=O) groups excluding carboxylic acids is 2. The highest BCUT2D eigenvalue weighted by atomic mass is 16.2. The monoisotopic (exact) mass is 476 g/mol. The van der Waals surface area contributed by atoms with Crippen LogP contribution in [-0.4, -0.2) is 34.6 Å². The van der Waals surface area contributed by atoms with Gasteiger partial charge in [0.2, 0.25) is 5.91 Å². The van der Waals surface area contributed by atoms with Gasteiger partial charge in [-0.05, 0) is 88.4 Å². The molecule has 0 unspecified atom stereocenters. The molecule has 6 heteroatoms. The number of amides is 1. The molecule has 6 nitrogen and oxygen atoms in total. The number of piperidine rings is 1. The van der Waals surface area contributed by atoms with Gasteiger partial charge in [0.25, 0.3) is 0 Å². The maximum absolute atomic E-state index is 13.8. The van der Waals surface area contributed by atoms with Gasteiger partial charge in [0.15, 0.2) is 0 Å². The van der Waals surface area contributed by atoms with Crippen molar-refractivity contribution in [1.29, 1.82) is 0 Å². The first kappa shape index (κ1) is 24.2. The largest absolute Gasteiger partial charge is 0.317 e. The third kappa shape index (κ3) is 5.53. The lowest BCUT2D eigenvalue weighted by atomic mass is 9.78. The molecule has 1 amide bonds. The third-order valence-corrected chi connectivity index (χ3v) is 8.63. The normalized spacial score (nSPS) is 22.9. The Morgan fingerprint density at radius 2 is 1.80 bits per heavy atom. The maximum atomic E-state index is 13.8. The number of aryl methyl sites for hydroxylation is 2. The molecule has 0 atom stereocenters. The number of carbonyl (C=O) groups is 2. The summed E-state index contributed by atoms with van der Waals surface area (Å²) in [5.74, 6) is 1.94. The van der Waals surface area contributed by atoms with E-state index in [0.29, 0.717) is 24.2 Å². The zero-order valence-electron chi connectivity index (χ0n) is 21.4. The summed E-state index contributed by atoms with van der Waals surface area (Å²) in [6.45, 7) is 4.82. The van der Waals surface area contributed by atoms with Gasteiger partial charge in [0.1, 0.15) is 5.78 Å². The minimum atomic E-state index is 0.0732. The molecule has 0 bridgehead atoms. The fraction of sp³-hybridized carbons (Fsp3) is 0.621. The average molecular weight is 477 g/mol. The first-order chi connectivity index (χ1) is 17.0. The van der Waals surface area contributed by atoms with Crippen LogP contribution < -0.4 is 10.2 Å². The summed E-state index contributed by atoms with van der Waals surface area (Å²) in [5.41, 5.74) is 5.83. The molecule has 1 aliphatic carbocycles. The fourth-order valence-corrected chi connectivity index (χ4v) is 6.41.